The van der Waals surface area contributed by atoms with Crippen molar-refractivity contribution in [2.45, 2.75) is 39.7 Å². The number of rotatable bonds is 6. The number of hydrogen-bond acceptors (Lipinski definition) is 2. The van der Waals surface area contributed by atoms with Gasteiger partial charge in [-0.25, -0.2) is 0 Å². The van der Waals surface area contributed by atoms with E-state index in [2.05, 4.69) is 19.2 Å². The number of carbonyl (C=O) groups is 1. The first-order valence-corrected chi connectivity index (χ1v) is 6.10. The van der Waals surface area contributed by atoms with E-state index in [0.29, 0.717) is 11.7 Å². The third kappa shape index (κ3) is 5.95. The summed E-state index contributed by atoms with van der Waals surface area (Å²) in [5, 5.41) is 2.93. The lowest BCUT2D eigenvalue weighted by molar-refractivity contribution is -0.117. The van der Waals surface area contributed by atoms with Gasteiger partial charge in [-0.05, 0) is 43.9 Å². The van der Waals surface area contributed by atoms with Crippen molar-refractivity contribution >= 4 is 12.0 Å². The Bertz CT molecular complexity index is 352. The summed E-state index contributed by atoms with van der Waals surface area (Å²) in [6.07, 6.45) is 6.90. The summed E-state index contributed by atoms with van der Waals surface area (Å²) >= 11 is 0. The molecule has 94 valence electrons. The van der Waals surface area contributed by atoms with Crippen LogP contribution in [0.1, 0.15) is 39.4 Å². The van der Waals surface area contributed by atoms with Crippen LogP contribution in [0.4, 0.5) is 0 Å². The maximum absolute atomic E-state index is 11.6. The van der Waals surface area contributed by atoms with Crippen LogP contribution in [0.25, 0.3) is 6.08 Å². The molecule has 0 aliphatic heterocycles. The molecule has 3 heteroatoms. The molecule has 0 spiro atoms. The minimum absolute atomic E-state index is 0.0716. The van der Waals surface area contributed by atoms with Crippen LogP contribution in [0.3, 0.4) is 0 Å². The van der Waals surface area contributed by atoms with Crippen LogP contribution < -0.4 is 5.32 Å². The van der Waals surface area contributed by atoms with Gasteiger partial charge in [-0.3, -0.25) is 4.79 Å². The average Bonchev–Trinajstić information content (AvgIpc) is 2.76. The number of hydrogen-bond donors (Lipinski definition) is 1. The lowest BCUT2D eigenvalue weighted by Crippen LogP contribution is -2.31. The molecular formula is C14H21NO2. The van der Waals surface area contributed by atoms with Crippen LogP contribution in [-0.2, 0) is 4.79 Å². The van der Waals surface area contributed by atoms with E-state index in [1.165, 1.54) is 6.08 Å². The van der Waals surface area contributed by atoms with Gasteiger partial charge in [-0.1, -0.05) is 13.8 Å². The molecule has 1 atom stereocenters. The highest BCUT2D eigenvalue weighted by atomic mass is 16.3. The smallest absolute Gasteiger partial charge is 0.244 e. The van der Waals surface area contributed by atoms with Gasteiger partial charge in [0.15, 0.2) is 0 Å². The van der Waals surface area contributed by atoms with Crippen molar-refractivity contribution in [3.8, 4) is 0 Å². The Morgan fingerprint density at radius 3 is 2.76 bits per heavy atom. The summed E-state index contributed by atoms with van der Waals surface area (Å²) in [5.41, 5.74) is 0. The third-order valence-electron chi connectivity index (χ3n) is 2.51. The van der Waals surface area contributed by atoms with Crippen LogP contribution in [0.2, 0.25) is 0 Å². The Hall–Kier alpha value is -1.51. The molecule has 0 aliphatic rings. The van der Waals surface area contributed by atoms with Gasteiger partial charge in [0.25, 0.3) is 0 Å². The van der Waals surface area contributed by atoms with E-state index in [1.54, 1.807) is 18.4 Å². The highest BCUT2D eigenvalue weighted by Gasteiger charge is 2.05. The van der Waals surface area contributed by atoms with Crippen molar-refractivity contribution < 1.29 is 9.21 Å². The van der Waals surface area contributed by atoms with Gasteiger partial charge in [-0.2, -0.15) is 0 Å². The quantitative estimate of drug-likeness (QED) is 0.769. The molecule has 3 nitrogen and oxygen atoms in total. The summed E-state index contributed by atoms with van der Waals surface area (Å²) < 4.78 is 5.10. The number of amides is 1. The third-order valence-corrected chi connectivity index (χ3v) is 2.51. The highest BCUT2D eigenvalue weighted by Crippen LogP contribution is 2.06. The van der Waals surface area contributed by atoms with Gasteiger partial charge >= 0.3 is 0 Å². The van der Waals surface area contributed by atoms with Crippen LogP contribution >= 0.6 is 0 Å². The van der Waals surface area contributed by atoms with Gasteiger partial charge in [0.1, 0.15) is 5.76 Å². The van der Waals surface area contributed by atoms with Gasteiger partial charge in [-0.15, -0.1) is 0 Å². The Morgan fingerprint density at radius 2 is 2.18 bits per heavy atom. The van der Waals surface area contributed by atoms with Gasteiger partial charge in [0, 0.05) is 12.1 Å². The first-order valence-electron chi connectivity index (χ1n) is 6.10. The van der Waals surface area contributed by atoms with Crippen molar-refractivity contribution in [3.63, 3.8) is 0 Å². The molecule has 1 N–H and O–H groups in total. The topological polar surface area (TPSA) is 42.2 Å². The van der Waals surface area contributed by atoms with Crippen LogP contribution in [0, 0.1) is 5.92 Å². The van der Waals surface area contributed by atoms with Gasteiger partial charge in [0.05, 0.1) is 6.26 Å². The zero-order valence-electron chi connectivity index (χ0n) is 10.8. The fraction of sp³-hybridized carbons (Fsp3) is 0.500. The van der Waals surface area contributed by atoms with E-state index in [-0.39, 0.29) is 11.9 Å². The molecule has 0 fully saturated rings. The van der Waals surface area contributed by atoms with Crippen molar-refractivity contribution in [2.24, 2.45) is 5.92 Å². The zero-order chi connectivity index (χ0) is 12.7. The molecule has 0 bridgehead atoms. The molecule has 17 heavy (non-hydrogen) atoms. The van der Waals surface area contributed by atoms with Gasteiger partial charge < -0.3 is 9.73 Å². The van der Waals surface area contributed by atoms with E-state index in [1.807, 2.05) is 13.0 Å². The summed E-state index contributed by atoms with van der Waals surface area (Å²) in [6.45, 7) is 6.40. The summed E-state index contributed by atoms with van der Waals surface area (Å²) in [4.78, 5) is 11.6. The highest BCUT2D eigenvalue weighted by molar-refractivity contribution is 5.91. The minimum Gasteiger partial charge on any atom is -0.465 e. The van der Waals surface area contributed by atoms with E-state index in [0.717, 1.165) is 12.8 Å². The van der Waals surface area contributed by atoms with E-state index in [9.17, 15) is 4.79 Å². The Kier molecular flexibility index (Phi) is 5.53. The number of furan rings is 1. The summed E-state index contributed by atoms with van der Waals surface area (Å²) in [6, 6.07) is 3.82. The molecule has 0 saturated carbocycles. The van der Waals surface area contributed by atoms with Gasteiger partial charge in [0.2, 0.25) is 5.91 Å². The minimum atomic E-state index is -0.0716. The maximum atomic E-state index is 11.6. The monoisotopic (exact) mass is 235 g/mol. The first-order chi connectivity index (χ1) is 8.08. The van der Waals surface area contributed by atoms with Crippen LogP contribution in [0.5, 0.6) is 0 Å². The lowest BCUT2D eigenvalue weighted by Gasteiger charge is -2.13. The fourth-order valence-electron chi connectivity index (χ4n) is 1.49. The van der Waals surface area contributed by atoms with E-state index in [4.69, 9.17) is 4.42 Å². The first kappa shape index (κ1) is 13.6. The Morgan fingerprint density at radius 1 is 1.41 bits per heavy atom. The molecule has 1 rings (SSSR count). The van der Waals surface area contributed by atoms with Crippen LogP contribution in [-0.4, -0.2) is 11.9 Å². The average molecular weight is 235 g/mol. The second-order valence-corrected chi connectivity index (χ2v) is 4.73. The van der Waals surface area contributed by atoms with Crippen molar-refractivity contribution in [3.05, 3.63) is 30.2 Å². The zero-order valence-corrected chi connectivity index (χ0v) is 10.8. The van der Waals surface area contributed by atoms with Crippen molar-refractivity contribution in [1.29, 1.82) is 0 Å². The number of carbonyl (C=O) groups excluding carboxylic acids is 1. The Balaban J connectivity index is 2.29. The van der Waals surface area contributed by atoms with Crippen molar-refractivity contribution in [2.75, 3.05) is 0 Å². The molecule has 0 aliphatic carbocycles. The molecule has 1 aromatic rings. The summed E-state index contributed by atoms with van der Waals surface area (Å²) in [7, 11) is 0. The van der Waals surface area contributed by atoms with Crippen LogP contribution in [0.15, 0.2) is 28.9 Å². The second-order valence-electron chi connectivity index (χ2n) is 4.73. The predicted molar refractivity (Wildman–Crippen MR) is 69.4 cm³/mol. The molecular weight excluding hydrogens is 214 g/mol. The molecule has 1 amide bonds. The molecule has 0 radical (unpaired) electrons. The Labute approximate surface area is 103 Å². The SMILES string of the molecule is CC(C)CCC(C)NC(=O)C=Cc1ccco1. The molecule has 0 saturated heterocycles. The number of nitrogens with one attached hydrogen (secondary N) is 1. The molecule has 1 aromatic heterocycles. The standard InChI is InChI=1S/C14H21NO2/c1-11(2)6-7-12(3)15-14(16)9-8-13-5-4-10-17-13/h4-5,8-12H,6-7H2,1-3H3,(H,15,16). The van der Waals surface area contributed by atoms with Crippen molar-refractivity contribution in [1.82, 2.24) is 5.32 Å². The largest absolute Gasteiger partial charge is 0.465 e. The fourth-order valence-corrected chi connectivity index (χ4v) is 1.49. The molecule has 1 unspecified atom stereocenters. The lowest BCUT2D eigenvalue weighted by atomic mass is 10.0. The summed E-state index contributed by atoms with van der Waals surface area (Å²) in [5.74, 6) is 1.29. The maximum Gasteiger partial charge on any atom is 0.244 e. The molecule has 1 heterocycles. The predicted octanol–water partition coefficient (Wildman–Crippen LogP) is 3.23. The van der Waals surface area contributed by atoms with E-state index >= 15 is 0 Å². The normalized spacial score (nSPS) is 13.2. The molecule has 0 aromatic carbocycles. The van der Waals surface area contributed by atoms with E-state index < -0.39 is 0 Å². The second kappa shape index (κ2) is 6.94.